The molecule has 0 saturated carbocycles. The van der Waals surface area contributed by atoms with Crippen LogP contribution in [0.4, 0.5) is 5.69 Å². The maximum atomic E-state index is 11.8. The van der Waals surface area contributed by atoms with E-state index in [1.807, 2.05) is 31.2 Å². The number of ether oxygens (including phenoxy) is 1. The van der Waals surface area contributed by atoms with Crippen LogP contribution >= 0.6 is 0 Å². The van der Waals surface area contributed by atoms with E-state index in [4.69, 9.17) is 4.74 Å². The van der Waals surface area contributed by atoms with Gasteiger partial charge in [0.25, 0.3) is 5.91 Å². The molecule has 6 nitrogen and oxygen atoms in total. The lowest BCUT2D eigenvalue weighted by Gasteiger charge is -2.08. The van der Waals surface area contributed by atoms with Crippen LogP contribution in [-0.2, 0) is 11.3 Å². The number of nitro benzene ring substituents is 1. The van der Waals surface area contributed by atoms with Gasteiger partial charge in [-0.3, -0.25) is 14.9 Å². The molecule has 0 aromatic heterocycles. The fourth-order valence-corrected chi connectivity index (χ4v) is 1.99. The van der Waals surface area contributed by atoms with Crippen LogP contribution in [0, 0.1) is 24.0 Å². The summed E-state index contributed by atoms with van der Waals surface area (Å²) in [5.74, 6) is -0.244. The molecular weight excluding hydrogens is 296 g/mol. The van der Waals surface area contributed by atoms with Crippen molar-refractivity contribution in [3.05, 3.63) is 69.3 Å². The van der Waals surface area contributed by atoms with Crippen molar-refractivity contribution in [2.24, 2.45) is 0 Å². The van der Waals surface area contributed by atoms with E-state index in [2.05, 4.69) is 5.32 Å². The molecule has 0 unspecified atom stereocenters. The Bertz CT molecular complexity index is 711. The van der Waals surface area contributed by atoms with Crippen LogP contribution in [0.5, 0.6) is 5.75 Å². The first-order chi connectivity index (χ1) is 11.0. The number of carbonyl (C=O) groups is 1. The van der Waals surface area contributed by atoms with Crippen LogP contribution in [-0.4, -0.2) is 17.4 Å². The van der Waals surface area contributed by atoms with Gasteiger partial charge in [-0.1, -0.05) is 35.9 Å². The highest BCUT2D eigenvalue weighted by atomic mass is 16.6. The number of amides is 1. The molecule has 0 fully saturated rings. The number of benzene rings is 2. The highest BCUT2D eigenvalue weighted by Crippen LogP contribution is 2.27. The van der Waals surface area contributed by atoms with Gasteiger partial charge in [0.1, 0.15) is 0 Å². The van der Waals surface area contributed by atoms with E-state index in [9.17, 15) is 14.9 Å². The van der Waals surface area contributed by atoms with E-state index in [0.29, 0.717) is 6.54 Å². The zero-order chi connectivity index (χ0) is 16.8. The molecule has 0 radical (unpaired) electrons. The summed E-state index contributed by atoms with van der Waals surface area (Å²) in [6, 6.07) is 12.4. The average molecular weight is 314 g/mol. The molecule has 0 atom stereocenters. The molecule has 1 N–H and O–H groups in total. The van der Waals surface area contributed by atoms with Gasteiger partial charge < -0.3 is 10.1 Å². The summed E-state index contributed by atoms with van der Waals surface area (Å²) in [6.45, 7) is 3.87. The van der Waals surface area contributed by atoms with E-state index < -0.39 is 4.92 Å². The first-order valence-electron chi connectivity index (χ1n) is 7.16. The van der Waals surface area contributed by atoms with Crippen molar-refractivity contribution in [3.63, 3.8) is 0 Å². The third-order valence-electron chi connectivity index (χ3n) is 3.28. The minimum atomic E-state index is -0.521. The number of aryl methyl sites for hydroxylation is 2. The molecule has 0 saturated heterocycles. The Hall–Kier alpha value is -2.89. The molecule has 0 spiro atoms. The second-order valence-electron chi connectivity index (χ2n) is 5.28. The van der Waals surface area contributed by atoms with Gasteiger partial charge in [-0.05, 0) is 31.0 Å². The molecule has 0 bridgehead atoms. The highest BCUT2D eigenvalue weighted by molar-refractivity contribution is 5.77. The molecule has 2 aromatic rings. The maximum absolute atomic E-state index is 11.8. The lowest BCUT2D eigenvalue weighted by atomic mass is 10.1. The molecule has 0 aliphatic heterocycles. The molecule has 0 aliphatic carbocycles. The summed E-state index contributed by atoms with van der Waals surface area (Å²) in [4.78, 5) is 22.3. The number of nitro groups is 1. The zero-order valence-corrected chi connectivity index (χ0v) is 13.0. The largest absolute Gasteiger partial charge is 0.477 e. The van der Waals surface area contributed by atoms with Crippen molar-refractivity contribution in [3.8, 4) is 5.75 Å². The van der Waals surface area contributed by atoms with Crippen molar-refractivity contribution in [2.45, 2.75) is 20.4 Å². The first-order valence-corrected chi connectivity index (χ1v) is 7.16. The van der Waals surface area contributed by atoms with Gasteiger partial charge in [-0.25, -0.2) is 0 Å². The quantitative estimate of drug-likeness (QED) is 0.656. The van der Waals surface area contributed by atoms with Crippen LogP contribution < -0.4 is 10.1 Å². The van der Waals surface area contributed by atoms with Crippen molar-refractivity contribution in [2.75, 3.05) is 6.61 Å². The maximum Gasteiger partial charge on any atom is 0.311 e. The summed E-state index contributed by atoms with van der Waals surface area (Å²) < 4.78 is 5.27. The Balaban J connectivity index is 1.89. The Morgan fingerprint density at radius 2 is 1.78 bits per heavy atom. The van der Waals surface area contributed by atoms with Crippen LogP contribution in [0.25, 0.3) is 0 Å². The second-order valence-corrected chi connectivity index (χ2v) is 5.28. The molecule has 6 heteroatoms. The van der Waals surface area contributed by atoms with Crippen LogP contribution in [0.3, 0.4) is 0 Å². The molecule has 23 heavy (non-hydrogen) atoms. The number of hydrogen-bond acceptors (Lipinski definition) is 4. The lowest BCUT2D eigenvalue weighted by molar-refractivity contribution is -0.385. The summed E-state index contributed by atoms with van der Waals surface area (Å²) >= 11 is 0. The second kappa shape index (κ2) is 7.40. The normalized spacial score (nSPS) is 10.2. The van der Waals surface area contributed by atoms with Gasteiger partial charge >= 0.3 is 5.69 Å². The van der Waals surface area contributed by atoms with Gasteiger partial charge in [0, 0.05) is 12.6 Å². The third kappa shape index (κ3) is 4.81. The Morgan fingerprint density at radius 3 is 2.43 bits per heavy atom. The minimum Gasteiger partial charge on any atom is -0.477 e. The van der Waals surface area contributed by atoms with E-state index in [1.165, 1.54) is 12.1 Å². The minimum absolute atomic E-state index is 0.0890. The lowest BCUT2D eigenvalue weighted by Crippen LogP contribution is -2.28. The molecule has 2 aromatic carbocycles. The first kappa shape index (κ1) is 16.5. The summed E-state index contributed by atoms with van der Waals surface area (Å²) in [6.07, 6.45) is 0. The Kier molecular flexibility index (Phi) is 5.30. The number of nitrogens with zero attached hydrogens (tertiary/aromatic N) is 1. The van der Waals surface area contributed by atoms with Gasteiger partial charge in [-0.15, -0.1) is 0 Å². The van der Waals surface area contributed by atoms with Gasteiger partial charge in [-0.2, -0.15) is 0 Å². The third-order valence-corrected chi connectivity index (χ3v) is 3.28. The van der Waals surface area contributed by atoms with Gasteiger partial charge in [0.2, 0.25) is 0 Å². The summed E-state index contributed by atoms with van der Waals surface area (Å²) in [5, 5.41) is 13.7. The number of hydrogen-bond donors (Lipinski definition) is 1. The zero-order valence-electron chi connectivity index (χ0n) is 13.0. The van der Waals surface area contributed by atoms with E-state index in [1.54, 1.807) is 13.0 Å². The molecule has 0 heterocycles. The van der Waals surface area contributed by atoms with Gasteiger partial charge in [0.05, 0.1) is 4.92 Å². The smallest absolute Gasteiger partial charge is 0.311 e. The topological polar surface area (TPSA) is 81.5 Å². The van der Waals surface area contributed by atoms with E-state index >= 15 is 0 Å². The SMILES string of the molecule is Cc1ccc(CNC(=O)COc2ccc(C)cc2[N+](=O)[O-])cc1. The summed E-state index contributed by atoms with van der Waals surface area (Å²) in [7, 11) is 0. The fraction of sp³-hybridized carbons (Fsp3) is 0.235. The van der Waals surface area contributed by atoms with Gasteiger partial charge in [0.15, 0.2) is 12.4 Å². The number of rotatable bonds is 6. The van der Waals surface area contributed by atoms with E-state index in [0.717, 1.165) is 16.7 Å². The van der Waals surface area contributed by atoms with Crippen molar-refractivity contribution < 1.29 is 14.5 Å². The predicted molar refractivity (Wildman–Crippen MR) is 86.4 cm³/mol. The summed E-state index contributed by atoms with van der Waals surface area (Å²) in [5.41, 5.74) is 2.74. The van der Waals surface area contributed by atoms with Crippen molar-refractivity contribution >= 4 is 11.6 Å². The predicted octanol–water partition coefficient (Wildman–Crippen LogP) is 2.91. The number of carbonyl (C=O) groups excluding carboxylic acids is 1. The highest BCUT2D eigenvalue weighted by Gasteiger charge is 2.16. The van der Waals surface area contributed by atoms with Crippen molar-refractivity contribution in [1.29, 1.82) is 0 Å². The fourth-order valence-electron chi connectivity index (χ4n) is 1.99. The molecule has 2 rings (SSSR count). The standard InChI is InChI=1S/C17H18N2O4/c1-12-3-6-14(7-4-12)10-18-17(20)11-23-16-8-5-13(2)9-15(16)19(21)22/h3-9H,10-11H2,1-2H3,(H,18,20). The number of nitrogens with one attached hydrogen (secondary N) is 1. The van der Waals surface area contributed by atoms with Crippen molar-refractivity contribution in [1.82, 2.24) is 5.32 Å². The monoisotopic (exact) mass is 314 g/mol. The van der Waals surface area contributed by atoms with Crippen LogP contribution in [0.15, 0.2) is 42.5 Å². The Labute approximate surface area is 134 Å². The molecule has 0 aliphatic rings. The van der Waals surface area contributed by atoms with Crippen LogP contribution in [0.2, 0.25) is 0 Å². The molecular formula is C17H18N2O4. The molecule has 120 valence electrons. The molecule has 1 amide bonds. The van der Waals surface area contributed by atoms with E-state index in [-0.39, 0.29) is 24.0 Å². The Morgan fingerprint density at radius 1 is 1.13 bits per heavy atom. The average Bonchev–Trinajstić information content (AvgIpc) is 2.53. The van der Waals surface area contributed by atoms with Crippen LogP contribution in [0.1, 0.15) is 16.7 Å².